The lowest BCUT2D eigenvalue weighted by Gasteiger charge is -2.14. The summed E-state index contributed by atoms with van der Waals surface area (Å²) in [6, 6.07) is 17.9. The third-order valence-corrected chi connectivity index (χ3v) is 5.87. The number of carbonyl (C=O) groups is 1. The van der Waals surface area contributed by atoms with Crippen LogP contribution in [0.5, 0.6) is 0 Å². The van der Waals surface area contributed by atoms with Crippen molar-refractivity contribution < 1.29 is 4.79 Å². The van der Waals surface area contributed by atoms with Crippen LogP contribution in [0.15, 0.2) is 59.8 Å². The van der Waals surface area contributed by atoms with Crippen LogP contribution in [0.25, 0.3) is 11.1 Å². The van der Waals surface area contributed by atoms with E-state index in [4.69, 9.17) is 0 Å². The Hall–Kier alpha value is -2.60. The highest BCUT2D eigenvalue weighted by Gasteiger charge is 2.30. The Morgan fingerprint density at radius 1 is 1.11 bits per heavy atom. The number of nitrogens with one attached hydrogen (secondary N) is 1. The summed E-state index contributed by atoms with van der Waals surface area (Å²) in [5.41, 5.74) is 2.91. The van der Waals surface area contributed by atoms with Gasteiger partial charge in [-0.05, 0) is 31.4 Å². The summed E-state index contributed by atoms with van der Waals surface area (Å²) in [6.45, 7) is 1.90. The Bertz CT molecular complexity index is 950. The maximum Gasteiger partial charge on any atom is 0.237 e. The van der Waals surface area contributed by atoms with Crippen LogP contribution in [-0.4, -0.2) is 25.9 Å². The van der Waals surface area contributed by atoms with E-state index in [9.17, 15) is 4.79 Å². The summed E-state index contributed by atoms with van der Waals surface area (Å²) < 4.78 is 2.02. The maximum absolute atomic E-state index is 12.8. The predicted molar refractivity (Wildman–Crippen MR) is 109 cm³/mol. The first-order chi connectivity index (χ1) is 13.1. The number of anilines is 1. The van der Waals surface area contributed by atoms with Crippen molar-refractivity contribution in [2.45, 2.75) is 36.1 Å². The van der Waals surface area contributed by atoms with Crippen molar-refractivity contribution in [3.05, 3.63) is 60.4 Å². The number of nitrogens with zero attached hydrogens (tertiary/aromatic N) is 3. The van der Waals surface area contributed by atoms with Crippen molar-refractivity contribution in [3.8, 4) is 11.1 Å². The van der Waals surface area contributed by atoms with Crippen LogP contribution in [0.1, 0.15) is 31.5 Å². The molecule has 1 aliphatic carbocycles. The fourth-order valence-electron chi connectivity index (χ4n) is 3.03. The highest BCUT2D eigenvalue weighted by molar-refractivity contribution is 8.00. The van der Waals surface area contributed by atoms with Gasteiger partial charge in [-0.1, -0.05) is 60.3 Å². The number of aromatic nitrogens is 3. The third kappa shape index (κ3) is 3.90. The minimum atomic E-state index is -0.274. The van der Waals surface area contributed by atoms with Crippen LogP contribution in [-0.2, 0) is 11.8 Å². The molecule has 0 aliphatic heterocycles. The predicted octanol–water partition coefficient (Wildman–Crippen LogP) is 4.48. The number of carbonyl (C=O) groups excluding carboxylic acids is 1. The third-order valence-electron chi connectivity index (χ3n) is 4.73. The number of amides is 1. The molecular formula is C21H22N4OS. The Balaban J connectivity index is 1.48. The molecule has 0 spiro atoms. The molecule has 1 aromatic heterocycles. The molecular weight excluding hydrogens is 356 g/mol. The molecule has 0 bridgehead atoms. The highest BCUT2D eigenvalue weighted by Crippen LogP contribution is 2.40. The number of para-hydroxylation sites is 1. The van der Waals surface area contributed by atoms with Gasteiger partial charge in [0.1, 0.15) is 5.82 Å². The number of benzene rings is 2. The van der Waals surface area contributed by atoms with Crippen LogP contribution in [0.4, 0.5) is 5.69 Å². The molecule has 4 rings (SSSR count). The summed E-state index contributed by atoms with van der Waals surface area (Å²) in [4.78, 5) is 12.8. The van der Waals surface area contributed by atoms with Crippen LogP contribution >= 0.6 is 11.8 Å². The second kappa shape index (κ2) is 7.56. The number of hydrogen-bond donors (Lipinski definition) is 1. The number of hydrogen-bond acceptors (Lipinski definition) is 4. The van der Waals surface area contributed by atoms with Gasteiger partial charge in [0.05, 0.1) is 5.25 Å². The summed E-state index contributed by atoms with van der Waals surface area (Å²) in [7, 11) is 1.98. The second-order valence-corrected chi connectivity index (χ2v) is 8.14. The highest BCUT2D eigenvalue weighted by atomic mass is 32.2. The molecule has 1 fully saturated rings. The smallest absolute Gasteiger partial charge is 0.237 e. The summed E-state index contributed by atoms with van der Waals surface area (Å²) >= 11 is 1.44. The van der Waals surface area contributed by atoms with Gasteiger partial charge in [-0.3, -0.25) is 4.79 Å². The van der Waals surface area contributed by atoms with Gasteiger partial charge in [-0.15, -0.1) is 10.2 Å². The van der Waals surface area contributed by atoms with Gasteiger partial charge in [0.15, 0.2) is 5.16 Å². The molecule has 6 heteroatoms. The van der Waals surface area contributed by atoms with Crippen LogP contribution in [0, 0.1) is 0 Å². The molecule has 1 N–H and O–H groups in total. The molecule has 1 saturated carbocycles. The zero-order chi connectivity index (χ0) is 18.8. The molecule has 1 atom stereocenters. The van der Waals surface area contributed by atoms with E-state index < -0.39 is 0 Å². The lowest BCUT2D eigenvalue weighted by Crippen LogP contribution is -2.23. The molecule has 0 saturated heterocycles. The van der Waals surface area contributed by atoms with Gasteiger partial charge in [0, 0.05) is 24.2 Å². The van der Waals surface area contributed by atoms with Crippen molar-refractivity contribution in [1.82, 2.24) is 14.8 Å². The van der Waals surface area contributed by atoms with Crippen LogP contribution in [0.2, 0.25) is 0 Å². The molecule has 2 aromatic carbocycles. The van der Waals surface area contributed by atoms with Gasteiger partial charge < -0.3 is 9.88 Å². The Morgan fingerprint density at radius 3 is 2.56 bits per heavy atom. The van der Waals surface area contributed by atoms with Gasteiger partial charge in [0.25, 0.3) is 0 Å². The number of rotatable bonds is 6. The Labute approximate surface area is 163 Å². The lowest BCUT2D eigenvalue weighted by atomic mass is 10.0. The lowest BCUT2D eigenvalue weighted by molar-refractivity contribution is -0.115. The van der Waals surface area contributed by atoms with E-state index in [1.165, 1.54) is 24.6 Å². The van der Waals surface area contributed by atoms with Crippen molar-refractivity contribution in [2.24, 2.45) is 7.05 Å². The first kappa shape index (κ1) is 17.8. The van der Waals surface area contributed by atoms with Crippen molar-refractivity contribution in [3.63, 3.8) is 0 Å². The van der Waals surface area contributed by atoms with E-state index in [2.05, 4.69) is 15.5 Å². The normalized spacial score (nSPS) is 14.7. The summed E-state index contributed by atoms with van der Waals surface area (Å²) in [5.74, 6) is 1.53. The van der Waals surface area contributed by atoms with Gasteiger partial charge >= 0.3 is 0 Å². The monoisotopic (exact) mass is 378 g/mol. The molecule has 3 aromatic rings. The van der Waals surface area contributed by atoms with E-state index in [0.717, 1.165) is 27.8 Å². The maximum atomic E-state index is 12.8. The molecule has 138 valence electrons. The average molecular weight is 379 g/mol. The zero-order valence-corrected chi connectivity index (χ0v) is 16.2. The minimum Gasteiger partial charge on any atom is -0.325 e. The first-order valence-corrected chi connectivity index (χ1v) is 10.0. The number of thioether (sulfide) groups is 1. The first-order valence-electron chi connectivity index (χ1n) is 9.14. The van der Waals surface area contributed by atoms with Gasteiger partial charge in [-0.25, -0.2) is 0 Å². The van der Waals surface area contributed by atoms with Gasteiger partial charge in [0.2, 0.25) is 5.91 Å². The minimum absolute atomic E-state index is 0.0423. The zero-order valence-electron chi connectivity index (χ0n) is 15.4. The van der Waals surface area contributed by atoms with Crippen molar-refractivity contribution >= 4 is 23.4 Å². The largest absolute Gasteiger partial charge is 0.325 e. The van der Waals surface area contributed by atoms with Crippen LogP contribution in [0.3, 0.4) is 0 Å². The second-order valence-electron chi connectivity index (χ2n) is 6.84. The van der Waals surface area contributed by atoms with E-state index in [1.807, 2.05) is 73.1 Å². The van der Waals surface area contributed by atoms with E-state index >= 15 is 0 Å². The van der Waals surface area contributed by atoms with Crippen LogP contribution < -0.4 is 5.32 Å². The summed E-state index contributed by atoms with van der Waals surface area (Å²) in [6.07, 6.45) is 2.37. The molecule has 27 heavy (non-hydrogen) atoms. The molecule has 5 nitrogen and oxygen atoms in total. The molecule has 1 amide bonds. The molecule has 0 unspecified atom stereocenters. The quantitative estimate of drug-likeness (QED) is 0.643. The molecule has 0 radical (unpaired) electrons. The Morgan fingerprint density at radius 2 is 1.81 bits per heavy atom. The van der Waals surface area contributed by atoms with E-state index in [-0.39, 0.29) is 11.2 Å². The SMILES string of the molecule is C[C@@H](Sc1nnc(C2CC2)n1C)C(=O)Nc1ccccc1-c1ccccc1. The van der Waals surface area contributed by atoms with Crippen molar-refractivity contribution in [2.75, 3.05) is 5.32 Å². The standard InChI is InChI=1S/C21H22N4OS/c1-14(27-21-24-23-19(25(21)2)16-12-13-16)20(26)22-18-11-7-6-10-17(18)15-8-4-3-5-9-15/h3-11,14,16H,12-13H2,1-2H3,(H,22,26)/t14-/m1/s1. The summed E-state index contributed by atoms with van der Waals surface area (Å²) in [5, 5.41) is 12.1. The average Bonchev–Trinajstić information content (AvgIpc) is 3.47. The fourth-order valence-corrected chi connectivity index (χ4v) is 3.86. The topological polar surface area (TPSA) is 59.8 Å². The van der Waals surface area contributed by atoms with Gasteiger partial charge in [-0.2, -0.15) is 0 Å². The fraction of sp³-hybridized carbons (Fsp3) is 0.286. The van der Waals surface area contributed by atoms with Crippen molar-refractivity contribution in [1.29, 1.82) is 0 Å². The molecule has 1 heterocycles. The van der Waals surface area contributed by atoms with E-state index in [0.29, 0.717) is 5.92 Å². The molecule has 1 aliphatic rings. The van der Waals surface area contributed by atoms with E-state index in [1.54, 1.807) is 0 Å². The Kier molecular flexibility index (Phi) is 4.99.